The Morgan fingerprint density at radius 1 is 1.26 bits per heavy atom. The molecule has 0 heterocycles. The lowest BCUT2D eigenvalue weighted by Gasteiger charge is -2.28. The van der Waals surface area contributed by atoms with Gasteiger partial charge in [-0.1, -0.05) is 19.3 Å². The lowest BCUT2D eigenvalue weighted by atomic mass is 9.84. The molecule has 0 radical (unpaired) electrons. The van der Waals surface area contributed by atoms with Gasteiger partial charge < -0.3 is 20.3 Å². The number of aliphatic hydroxyl groups is 2. The summed E-state index contributed by atoms with van der Waals surface area (Å²) in [7, 11) is 1.49. The maximum atomic E-state index is 12.5. The maximum Gasteiger partial charge on any atom is 0.251 e. The SMILES string of the molecule is COc1cc(C(=O)N[C@@H](C)C2CCCCC2)cc(CO)c1CO. The first-order chi connectivity index (χ1) is 11.1. The van der Waals surface area contributed by atoms with Crippen molar-refractivity contribution in [3.05, 3.63) is 28.8 Å². The summed E-state index contributed by atoms with van der Waals surface area (Å²) in [5.74, 6) is 0.790. The van der Waals surface area contributed by atoms with E-state index in [1.165, 1.54) is 26.4 Å². The van der Waals surface area contributed by atoms with Gasteiger partial charge in [-0.2, -0.15) is 0 Å². The van der Waals surface area contributed by atoms with Gasteiger partial charge in [0, 0.05) is 17.2 Å². The number of nitrogens with one attached hydrogen (secondary N) is 1. The molecule has 1 amide bonds. The minimum Gasteiger partial charge on any atom is -0.496 e. The van der Waals surface area contributed by atoms with Crippen LogP contribution in [0.5, 0.6) is 5.75 Å². The molecule has 1 aromatic rings. The third-order valence-electron chi connectivity index (χ3n) is 4.83. The summed E-state index contributed by atoms with van der Waals surface area (Å²) in [6.45, 7) is 1.57. The van der Waals surface area contributed by atoms with Crippen LogP contribution in [0.2, 0.25) is 0 Å². The van der Waals surface area contributed by atoms with Crippen molar-refractivity contribution in [2.24, 2.45) is 5.92 Å². The molecule has 1 fully saturated rings. The van der Waals surface area contributed by atoms with Crippen molar-refractivity contribution >= 4 is 5.91 Å². The van der Waals surface area contributed by atoms with E-state index in [2.05, 4.69) is 12.2 Å². The molecule has 0 bridgehead atoms. The van der Waals surface area contributed by atoms with E-state index >= 15 is 0 Å². The highest BCUT2D eigenvalue weighted by Crippen LogP contribution is 2.28. The lowest BCUT2D eigenvalue weighted by Crippen LogP contribution is -2.39. The number of carbonyl (C=O) groups excluding carboxylic acids is 1. The summed E-state index contributed by atoms with van der Waals surface area (Å²) in [6, 6.07) is 3.37. The molecule has 0 aliphatic heterocycles. The molecule has 1 aliphatic rings. The van der Waals surface area contributed by atoms with E-state index in [9.17, 15) is 15.0 Å². The van der Waals surface area contributed by atoms with Crippen LogP contribution >= 0.6 is 0 Å². The molecule has 0 unspecified atom stereocenters. The Labute approximate surface area is 137 Å². The number of amides is 1. The summed E-state index contributed by atoms with van der Waals surface area (Å²) in [4.78, 5) is 12.5. The minimum atomic E-state index is -0.244. The number of benzene rings is 1. The molecule has 1 aliphatic carbocycles. The standard InChI is InChI=1S/C18H27NO4/c1-12(13-6-4-3-5-7-13)19-18(22)14-8-15(10-20)16(11-21)17(9-14)23-2/h8-9,12-13,20-21H,3-7,10-11H2,1-2H3,(H,19,22)/t12-/m0/s1. The van der Waals surface area contributed by atoms with Gasteiger partial charge in [0.25, 0.3) is 5.91 Å². The average molecular weight is 321 g/mol. The van der Waals surface area contributed by atoms with Crippen LogP contribution in [0, 0.1) is 5.92 Å². The highest BCUT2D eigenvalue weighted by Gasteiger charge is 2.22. The van der Waals surface area contributed by atoms with Gasteiger partial charge in [0.1, 0.15) is 5.75 Å². The van der Waals surface area contributed by atoms with Gasteiger partial charge in [0.15, 0.2) is 0 Å². The van der Waals surface area contributed by atoms with Crippen LogP contribution in [-0.4, -0.2) is 29.3 Å². The summed E-state index contributed by atoms with van der Waals surface area (Å²) in [6.07, 6.45) is 6.08. The molecule has 0 saturated heterocycles. The summed E-state index contributed by atoms with van der Waals surface area (Å²) < 4.78 is 5.24. The van der Waals surface area contributed by atoms with Gasteiger partial charge in [-0.15, -0.1) is 0 Å². The van der Waals surface area contributed by atoms with Crippen molar-refractivity contribution in [2.45, 2.75) is 58.3 Å². The molecule has 1 saturated carbocycles. The fourth-order valence-corrected chi connectivity index (χ4v) is 3.38. The fourth-order valence-electron chi connectivity index (χ4n) is 3.38. The number of carbonyl (C=O) groups is 1. The number of hydrogen-bond donors (Lipinski definition) is 3. The van der Waals surface area contributed by atoms with Crippen molar-refractivity contribution in [1.29, 1.82) is 0 Å². The van der Waals surface area contributed by atoms with Crippen molar-refractivity contribution in [2.75, 3.05) is 7.11 Å². The zero-order valence-corrected chi connectivity index (χ0v) is 14.0. The van der Waals surface area contributed by atoms with Crippen LogP contribution in [-0.2, 0) is 13.2 Å². The fraction of sp³-hybridized carbons (Fsp3) is 0.611. The van der Waals surface area contributed by atoms with Crippen molar-refractivity contribution in [1.82, 2.24) is 5.32 Å². The highest BCUT2D eigenvalue weighted by atomic mass is 16.5. The van der Waals surface area contributed by atoms with Gasteiger partial charge in [-0.3, -0.25) is 4.79 Å². The molecular weight excluding hydrogens is 294 g/mol. The van der Waals surface area contributed by atoms with Gasteiger partial charge >= 0.3 is 0 Å². The predicted octanol–water partition coefficient (Wildman–Crippen LogP) is 2.38. The zero-order valence-electron chi connectivity index (χ0n) is 14.0. The largest absolute Gasteiger partial charge is 0.496 e. The molecule has 0 aromatic heterocycles. The smallest absolute Gasteiger partial charge is 0.251 e. The minimum absolute atomic E-state index is 0.129. The molecular formula is C18H27NO4. The molecule has 2 rings (SSSR count). The van der Waals surface area contributed by atoms with Crippen molar-refractivity contribution < 1.29 is 19.7 Å². The Morgan fingerprint density at radius 3 is 2.52 bits per heavy atom. The van der Waals surface area contributed by atoms with E-state index in [1.54, 1.807) is 12.1 Å². The highest BCUT2D eigenvalue weighted by molar-refractivity contribution is 5.95. The Kier molecular flexibility index (Phi) is 6.42. The van der Waals surface area contributed by atoms with Gasteiger partial charge in [-0.05, 0) is 43.4 Å². The number of ether oxygens (including phenoxy) is 1. The van der Waals surface area contributed by atoms with Crippen molar-refractivity contribution in [3.63, 3.8) is 0 Å². The van der Waals surface area contributed by atoms with Crippen LogP contribution in [0.1, 0.15) is 60.5 Å². The monoisotopic (exact) mass is 321 g/mol. The molecule has 1 atom stereocenters. The maximum absolute atomic E-state index is 12.5. The Bertz CT molecular complexity index is 513. The molecule has 5 heteroatoms. The summed E-state index contributed by atoms with van der Waals surface area (Å²) in [5, 5.41) is 21.9. The second-order valence-corrected chi connectivity index (χ2v) is 6.29. The third kappa shape index (κ3) is 4.24. The van der Waals surface area contributed by atoms with Crippen LogP contribution in [0.4, 0.5) is 0 Å². The number of hydrogen-bond acceptors (Lipinski definition) is 4. The first-order valence-electron chi connectivity index (χ1n) is 8.33. The van der Waals surface area contributed by atoms with E-state index in [0.717, 1.165) is 12.8 Å². The quantitative estimate of drug-likeness (QED) is 0.751. The lowest BCUT2D eigenvalue weighted by molar-refractivity contribution is 0.0918. The molecule has 23 heavy (non-hydrogen) atoms. The summed E-state index contributed by atoms with van der Waals surface area (Å²) >= 11 is 0. The first kappa shape index (κ1) is 17.8. The average Bonchev–Trinajstić information content (AvgIpc) is 2.60. The normalized spacial score (nSPS) is 16.9. The van der Waals surface area contributed by atoms with E-state index in [4.69, 9.17) is 4.74 Å². The Morgan fingerprint density at radius 2 is 1.96 bits per heavy atom. The molecule has 1 aromatic carbocycles. The molecule has 0 spiro atoms. The van der Waals surface area contributed by atoms with Gasteiger partial charge in [0.05, 0.1) is 20.3 Å². The topological polar surface area (TPSA) is 78.8 Å². The molecule has 5 nitrogen and oxygen atoms in total. The van der Waals surface area contributed by atoms with Crippen LogP contribution in [0.25, 0.3) is 0 Å². The number of methoxy groups -OCH3 is 1. The van der Waals surface area contributed by atoms with Crippen LogP contribution in [0.3, 0.4) is 0 Å². The van der Waals surface area contributed by atoms with Crippen LogP contribution in [0.15, 0.2) is 12.1 Å². The predicted molar refractivity (Wildman–Crippen MR) is 88.3 cm³/mol. The van der Waals surface area contributed by atoms with E-state index in [-0.39, 0.29) is 25.2 Å². The number of rotatable bonds is 6. The number of aliphatic hydroxyl groups excluding tert-OH is 2. The Balaban J connectivity index is 2.15. The van der Waals surface area contributed by atoms with Crippen LogP contribution < -0.4 is 10.1 Å². The van der Waals surface area contributed by atoms with Crippen molar-refractivity contribution in [3.8, 4) is 5.75 Å². The molecule has 3 N–H and O–H groups in total. The summed E-state index contributed by atoms with van der Waals surface area (Å²) in [5.41, 5.74) is 1.49. The third-order valence-corrected chi connectivity index (χ3v) is 4.83. The van der Waals surface area contributed by atoms with Gasteiger partial charge in [-0.25, -0.2) is 0 Å². The van der Waals surface area contributed by atoms with E-state index in [0.29, 0.717) is 28.4 Å². The molecule has 128 valence electrons. The van der Waals surface area contributed by atoms with Gasteiger partial charge in [0.2, 0.25) is 0 Å². The van der Waals surface area contributed by atoms with E-state index < -0.39 is 0 Å². The van der Waals surface area contributed by atoms with E-state index in [1.807, 2.05) is 0 Å². The first-order valence-corrected chi connectivity index (χ1v) is 8.33. The second kappa shape index (κ2) is 8.31. The second-order valence-electron chi connectivity index (χ2n) is 6.29. The zero-order chi connectivity index (χ0) is 16.8. The Hall–Kier alpha value is -1.59.